The van der Waals surface area contributed by atoms with Crippen LogP contribution in [0.15, 0.2) is 24.3 Å². The molecule has 0 bridgehead atoms. The minimum atomic E-state index is -0.544. The lowest BCUT2D eigenvalue weighted by Crippen LogP contribution is -2.43. The van der Waals surface area contributed by atoms with Gasteiger partial charge in [-0.15, -0.1) is 0 Å². The zero-order valence-corrected chi connectivity index (χ0v) is 13.1. The van der Waals surface area contributed by atoms with Crippen LogP contribution < -0.4 is 5.32 Å². The van der Waals surface area contributed by atoms with Gasteiger partial charge in [0.2, 0.25) is 5.91 Å². The molecule has 2 fully saturated rings. The number of rotatable bonds is 5. The van der Waals surface area contributed by atoms with Gasteiger partial charge in [0.1, 0.15) is 11.4 Å². The summed E-state index contributed by atoms with van der Waals surface area (Å²) in [6, 6.07) is 6.40. The molecule has 1 heterocycles. The van der Waals surface area contributed by atoms with Gasteiger partial charge in [0.15, 0.2) is 0 Å². The Hall–Kier alpha value is -1.91. The molecule has 1 aliphatic carbocycles. The molecule has 1 N–H and O–H groups in total. The first-order valence-electron chi connectivity index (χ1n) is 8.33. The standard InChI is InChI=1S/C18H22FNO3/c19-14-7-5-13(6-8-14)4-3-11-20-17(22)15-12-16(21)23-18(15)9-1-2-10-18/h5-8,15H,1-4,9-12H2,(H,20,22)/t15-/m0/s1. The maximum Gasteiger partial charge on any atom is 0.307 e. The van der Waals surface area contributed by atoms with Gasteiger partial charge in [0, 0.05) is 6.54 Å². The molecule has 2 aliphatic rings. The van der Waals surface area contributed by atoms with Crippen LogP contribution in [0.4, 0.5) is 4.39 Å². The highest BCUT2D eigenvalue weighted by Crippen LogP contribution is 2.45. The predicted octanol–water partition coefficient (Wildman–Crippen LogP) is 2.75. The Morgan fingerprint density at radius 1 is 1.26 bits per heavy atom. The SMILES string of the molecule is O=C1C[C@@H](C(=O)NCCCc2ccc(F)cc2)C2(CCCC2)O1. The molecule has 5 heteroatoms. The smallest absolute Gasteiger partial charge is 0.307 e. The van der Waals surface area contributed by atoms with E-state index in [0.29, 0.717) is 6.54 Å². The highest BCUT2D eigenvalue weighted by atomic mass is 19.1. The van der Waals surface area contributed by atoms with Gasteiger partial charge in [0.05, 0.1) is 12.3 Å². The van der Waals surface area contributed by atoms with Crippen LogP contribution in [-0.4, -0.2) is 24.0 Å². The van der Waals surface area contributed by atoms with E-state index in [0.717, 1.165) is 44.1 Å². The highest BCUT2D eigenvalue weighted by molar-refractivity contribution is 5.87. The summed E-state index contributed by atoms with van der Waals surface area (Å²) in [5.41, 5.74) is 0.505. The van der Waals surface area contributed by atoms with Crippen LogP contribution in [0.1, 0.15) is 44.1 Å². The minimum absolute atomic E-state index is 0.0724. The topological polar surface area (TPSA) is 55.4 Å². The zero-order valence-electron chi connectivity index (χ0n) is 13.1. The summed E-state index contributed by atoms with van der Waals surface area (Å²) in [4.78, 5) is 24.0. The molecule has 1 spiro atoms. The molecule has 1 aliphatic heterocycles. The monoisotopic (exact) mass is 319 g/mol. The summed E-state index contributed by atoms with van der Waals surface area (Å²) >= 11 is 0. The number of hydrogen-bond donors (Lipinski definition) is 1. The molecular weight excluding hydrogens is 297 g/mol. The van der Waals surface area contributed by atoms with Crippen LogP contribution >= 0.6 is 0 Å². The molecule has 1 aromatic carbocycles. The van der Waals surface area contributed by atoms with Gasteiger partial charge in [0.25, 0.3) is 0 Å². The van der Waals surface area contributed by atoms with Crippen molar-refractivity contribution in [2.24, 2.45) is 5.92 Å². The molecule has 124 valence electrons. The van der Waals surface area contributed by atoms with Crippen molar-refractivity contribution in [2.45, 2.75) is 50.5 Å². The summed E-state index contributed by atoms with van der Waals surface area (Å²) in [5, 5.41) is 2.93. The summed E-state index contributed by atoms with van der Waals surface area (Å²) < 4.78 is 18.3. The van der Waals surface area contributed by atoms with Gasteiger partial charge >= 0.3 is 5.97 Å². The third kappa shape index (κ3) is 3.54. The summed E-state index contributed by atoms with van der Waals surface area (Å²) in [5.74, 6) is -0.909. The van der Waals surface area contributed by atoms with E-state index in [1.165, 1.54) is 12.1 Å². The number of nitrogens with one attached hydrogen (secondary N) is 1. The molecule has 4 nitrogen and oxygen atoms in total. The molecule has 1 atom stereocenters. The van der Waals surface area contributed by atoms with Crippen LogP contribution in [0.2, 0.25) is 0 Å². The van der Waals surface area contributed by atoms with Crippen molar-refractivity contribution in [2.75, 3.05) is 6.54 Å². The average Bonchev–Trinajstić information content (AvgIpc) is 3.12. The fourth-order valence-corrected chi connectivity index (χ4v) is 3.73. The number of benzene rings is 1. The third-order valence-electron chi connectivity index (χ3n) is 4.94. The minimum Gasteiger partial charge on any atom is -0.458 e. The van der Waals surface area contributed by atoms with E-state index in [1.54, 1.807) is 12.1 Å². The molecule has 1 saturated heterocycles. The number of halogens is 1. The summed E-state index contributed by atoms with van der Waals surface area (Å²) in [6.07, 6.45) is 5.39. The molecule has 0 radical (unpaired) electrons. The van der Waals surface area contributed by atoms with Gasteiger partial charge in [-0.2, -0.15) is 0 Å². The first-order chi connectivity index (χ1) is 11.1. The second-order valence-corrected chi connectivity index (χ2v) is 6.52. The predicted molar refractivity (Wildman–Crippen MR) is 83.1 cm³/mol. The van der Waals surface area contributed by atoms with E-state index >= 15 is 0 Å². The van der Waals surface area contributed by atoms with Gasteiger partial charge in [-0.1, -0.05) is 12.1 Å². The van der Waals surface area contributed by atoms with Gasteiger partial charge in [-0.05, 0) is 56.2 Å². The molecule has 3 rings (SSSR count). The molecule has 0 unspecified atom stereocenters. The van der Waals surface area contributed by atoms with E-state index in [1.807, 2.05) is 0 Å². The van der Waals surface area contributed by atoms with Crippen molar-refractivity contribution in [3.8, 4) is 0 Å². The lowest BCUT2D eigenvalue weighted by molar-refractivity contribution is -0.149. The first kappa shape index (κ1) is 16.0. The van der Waals surface area contributed by atoms with Gasteiger partial charge in [-0.3, -0.25) is 9.59 Å². The summed E-state index contributed by atoms with van der Waals surface area (Å²) in [7, 11) is 0. The Balaban J connectivity index is 1.47. The number of ether oxygens (including phenoxy) is 1. The molecular formula is C18H22FNO3. The molecule has 0 aromatic heterocycles. The van der Waals surface area contributed by atoms with Crippen LogP contribution in [0.3, 0.4) is 0 Å². The Bertz CT molecular complexity index is 578. The van der Waals surface area contributed by atoms with Gasteiger partial charge < -0.3 is 10.1 Å². The molecule has 1 saturated carbocycles. The Morgan fingerprint density at radius 2 is 1.96 bits per heavy atom. The average molecular weight is 319 g/mol. The lowest BCUT2D eigenvalue weighted by Gasteiger charge is -2.27. The Labute approximate surface area is 135 Å². The maximum absolute atomic E-state index is 12.8. The van der Waals surface area contributed by atoms with Crippen LogP contribution in [-0.2, 0) is 20.7 Å². The number of amides is 1. The second-order valence-electron chi connectivity index (χ2n) is 6.52. The van der Waals surface area contributed by atoms with Crippen molar-refractivity contribution in [1.29, 1.82) is 0 Å². The van der Waals surface area contributed by atoms with Crippen molar-refractivity contribution in [1.82, 2.24) is 5.32 Å². The second kappa shape index (κ2) is 6.69. The van der Waals surface area contributed by atoms with E-state index in [2.05, 4.69) is 5.32 Å². The van der Waals surface area contributed by atoms with E-state index in [-0.39, 0.29) is 30.0 Å². The van der Waals surface area contributed by atoms with Crippen LogP contribution in [0.25, 0.3) is 0 Å². The first-order valence-corrected chi connectivity index (χ1v) is 8.33. The van der Waals surface area contributed by atoms with Crippen molar-refractivity contribution >= 4 is 11.9 Å². The van der Waals surface area contributed by atoms with Crippen LogP contribution in [0, 0.1) is 11.7 Å². The fourth-order valence-electron chi connectivity index (χ4n) is 3.73. The van der Waals surface area contributed by atoms with E-state index in [4.69, 9.17) is 4.74 Å². The third-order valence-corrected chi connectivity index (χ3v) is 4.94. The Morgan fingerprint density at radius 3 is 2.65 bits per heavy atom. The maximum atomic E-state index is 12.8. The zero-order chi connectivity index (χ0) is 16.3. The van der Waals surface area contributed by atoms with E-state index < -0.39 is 5.60 Å². The molecule has 1 amide bonds. The summed E-state index contributed by atoms with van der Waals surface area (Å²) in [6.45, 7) is 0.553. The molecule has 23 heavy (non-hydrogen) atoms. The highest BCUT2D eigenvalue weighted by Gasteiger charge is 2.53. The van der Waals surface area contributed by atoms with Crippen molar-refractivity contribution in [3.05, 3.63) is 35.6 Å². The number of carbonyl (C=O) groups is 2. The number of esters is 1. The van der Waals surface area contributed by atoms with E-state index in [9.17, 15) is 14.0 Å². The largest absolute Gasteiger partial charge is 0.458 e. The number of carbonyl (C=O) groups excluding carboxylic acids is 2. The van der Waals surface area contributed by atoms with Crippen molar-refractivity contribution < 1.29 is 18.7 Å². The van der Waals surface area contributed by atoms with Crippen molar-refractivity contribution in [3.63, 3.8) is 0 Å². The Kier molecular flexibility index (Phi) is 4.64. The van der Waals surface area contributed by atoms with Crippen LogP contribution in [0.5, 0.6) is 0 Å². The molecule has 1 aromatic rings. The fraction of sp³-hybridized carbons (Fsp3) is 0.556. The number of hydrogen-bond acceptors (Lipinski definition) is 3. The quantitative estimate of drug-likeness (QED) is 0.671. The number of aryl methyl sites for hydroxylation is 1. The van der Waals surface area contributed by atoms with Gasteiger partial charge in [-0.25, -0.2) is 4.39 Å². The lowest BCUT2D eigenvalue weighted by atomic mass is 9.85. The normalized spacial score (nSPS) is 22.3.